The number of primary amides is 1. The molecule has 138 valence electrons. The lowest BCUT2D eigenvalue weighted by Gasteiger charge is -2.19. The highest BCUT2D eigenvalue weighted by Gasteiger charge is 2.28. The van der Waals surface area contributed by atoms with Gasteiger partial charge in [0.1, 0.15) is 11.3 Å². The molecule has 2 aromatic heterocycles. The van der Waals surface area contributed by atoms with Crippen LogP contribution >= 0.6 is 0 Å². The zero-order valence-electron chi connectivity index (χ0n) is 14.4. The fourth-order valence-corrected chi connectivity index (χ4v) is 3.12. The number of carbonyl (C=O) groups is 2. The first kappa shape index (κ1) is 18.1. The molecule has 0 radical (unpaired) electrons. The Bertz CT molecular complexity index is 1080. The van der Waals surface area contributed by atoms with E-state index in [0.29, 0.717) is 16.5 Å². The quantitative estimate of drug-likeness (QED) is 0.584. The Morgan fingerprint density at radius 3 is 2.74 bits per heavy atom. The number of nitrogens with zero attached hydrogens (tertiary/aromatic N) is 1. The Balaban J connectivity index is 2.30. The summed E-state index contributed by atoms with van der Waals surface area (Å²) in [5, 5.41) is 11.3. The number of hydrogen-bond acceptors (Lipinski definition) is 6. The Morgan fingerprint density at radius 2 is 2.04 bits per heavy atom. The molecule has 1 aromatic carbocycles. The van der Waals surface area contributed by atoms with Gasteiger partial charge in [0.25, 0.3) is 5.56 Å². The number of amides is 1. The minimum Gasteiger partial charge on any atom is -0.506 e. The molecule has 1 unspecified atom stereocenters. The third kappa shape index (κ3) is 3.37. The van der Waals surface area contributed by atoms with Crippen LogP contribution in [-0.4, -0.2) is 34.1 Å². The summed E-state index contributed by atoms with van der Waals surface area (Å²) >= 11 is 0. The first-order valence-corrected chi connectivity index (χ1v) is 8.08. The number of benzene rings is 1. The maximum atomic E-state index is 12.5. The predicted octanol–water partition coefficient (Wildman–Crippen LogP) is 1.42. The Hall–Kier alpha value is -3.68. The van der Waals surface area contributed by atoms with Gasteiger partial charge in [-0.2, -0.15) is 0 Å². The summed E-state index contributed by atoms with van der Waals surface area (Å²) in [6, 6.07) is 8.84. The molecule has 0 aliphatic rings. The van der Waals surface area contributed by atoms with Gasteiger partial charge in [-0.3, -0.25) is 14.6 Å². The van der Waals surface area contributed by atoms with E-state index in [0.717, 1.165) is 13.3 Å². The van der Waals surface area contributed by atoms with Crippen LogP contribution in [0.15, 0.2) is 47.5 Å². The molecule has 0 spiro atoms. The first-order chi connectivity index (χ1) is 12.9. The smallest absolute Gasteiger partial charge is 0.343 e. The lowest BCUT2D eigenvalue weighted by atomic mass is 9.86. The number of esters is 1. The van der Waals surface area contributed by atoms with E-state index in [9.17, 15) is 19.5 Å². The van der Waals surface area contributed by atoms with Gasteiger partial charge >= 0.3 is 5.97 Å². The largest absolute Gasteiger partial charge is 0.506 e. The van der Waals surface area contributed by atoms with Crippen molar-refractivity contribution in [1.82, 2.24) is 9.97 Å². The van der Waals surface area contributed by atoms with Crippen LogP contribution in [-0.2, 0) is 9.53 Å². The second-order valence-electron chi connectivity index (χ2n) is 5.93. The Labute approximate surface area is 153 Å². The third-order valence-electron chi connectivity index (χ3n) is 4.32. The van der Waals surface area contributed by atoms with E-state index in [-0.39, 0.29) is 17.5 Å². The zero-order valence-corrected chi connectivity index (χ0v) is 14.4. The van der Waals surface area contributed by atoms with Crippen molar-refractivity contribution in [3.05, 3.63) is 69.8 Å². The number of methoxy groups -OCH3 is 1. The average molecular weight is 367 g/mol. The highest BCUT2D eigenvalue weighted by molar-refractivity contribution is 5.93. The van der Waals surface area contributed by atoms with Gasteiger partial charge in [0.15, 0.2) is 0 Å². The molecule has 0 aliphatic carbocycles. The van der Waals surface area contributed by atoms with E-state index in [1.165, 1.54) is 0 Å². The van der Waals surface area contributed by atoms with Gasteiger partial charge < -0.3 is 20.6 Å². The summed E-state index contributed by atoms with van der Waals surface area (Å²) < 4.78 is 4.63. The summed E-state index contributed by atoms with van der Waals surface area (Å²) in [5.41, 5.74) is 5.67. The van der Waals surface area contributed by atoms with Crippen molar-refractivity contribution < 1.29 is 19.4 Å². The van der Waals surface area contributed by atoms with Gasteiger partial charge in [0.05, 0.1) is 18.2 Å². The van der Waals surface area contributed by atoms with Gasteiger partial charge in [-0.1, -0.05) is 18.2 Å². The van der Waals surface area contributed by atoms with Crippen LogP contribution in [0.4, 0.5) is 0 Å². The van der Waals surface area contributed by atoms with Crippen LogP contribution in [0, 0.1) is 0 Å². The number of H-pyrrole nitrogens is 1. The lowest BCUT2D eigenvalue weighted by molar-refractivity contribution is -0.118. The number of nitrogens with two attached hydrogens (primary N) is 1. The van der Waals surface area contributed by atoms with Gasteiger partial charge in [-0.25, -0.2) is 4.79 Å². The van der Waals surface area contributed by atoms with Gasteiger partial charge in [-0.05, 0) is 17.7 Å². The SMILES string of the molecule is COC(=O)c1c[nH]c(=O)c(C(CC(N)=O)c2ccnc3ccccc23)c1O. The van der Waals surface area contributed by atoms with Crippen LogP contribution in [0.3, 0.4) is 0 Å². The number of aromatic hydroxyl groups is 1. The number of ether oxygens (including phenoxy) is 1. The monoisotopic (exact) mass is 367 g/mol. The van der Waals surface area contributed by atoms with E-state index >= 15 is 0 Å². The lowest BCUT2D eigenvalue weighted by Crippen LogP contribution is -2.24. The van der Waals surface area contributed by atoms with Crippen molar-refractivity contribution in [3.8, 4) is 5.75 Å². The molecule has 8 heteroatoms. The fourth-order valence-electron chi connectivity index (χ4n) is 3.12. The maximum absolute atomic E-state index is 12.5. The normalized spacial score (nSPS) is 11.9. The summed E-state index contributed by atoms with van der Waals surface area (Å²) in [5.74, 6) is -2.90. The summed E-state index contributed by atoms with van der Waals surface area (Å²) in [6.45, 7) is 0. The predicted molar refractivity (Wildman–Crippen MR) is 97.5 cm³/mol. The van der Waals surface area contributed by atoms with Crippen molar-refractivity contribution in [2.45, 2.75) is 12.3 Å². The van der Waals surface area contributed by atoms with E-state index in [1.807, 2.05) is 6.07 Å². The van der Waals surface area contributed by atoms with Crippen LogP contribution < -0.4 is 11.3 Å². The summed E-state index contributed by atoms with van der Waals surface area (Å²) in [4.78, 5) is 42.8. The van der Waals surface area contributed by atoms with Crippen LogP contribution in [0.1, 0.15) is 33.8 Å². The molecule has 3 aromatic rings. The molecule has 0 fully saturated rings. The van der Waals surface area contributed by atoms with Crippen molar-refractivity contribution in [3.63, 3.8) is 0 Å². The second kappa shape index (κ2) is 7.28. The van der Waals surface area contributed by atoms with E-state index in [2.05, 4.69) is 14.7 Å². The van der Waals surface area contributed by atoms with Crippen LogP contribution in [0.25, 0.3) is 10.9 Å². The Kier molecular flexibility index (Phi) is 4.89. The molecule has 0 bridgehead atoms. The number of carbonyl (C=O) groups excluding carboxylic acids is 2. The van der Waals surface area contributed by atoms with E-state index < -0.39 is 29.1 Å². The summed E-state index contributed by atoms with van der Waals surface area (Å²) in [7, 11) is 1.16. The number of aromatic amines is 1. The number of aromatic nitrogens is 2. The Morgan fingerprint density at radius 1 is 1.30 bits per heavy atom. The minimum absolute atomic E-state index is 0.131. The number of fused-ring (bicyclic) bond motifs is 1. The van der Waals surface area contributed by atoms with Crippen molar-refractivity contribution >= 4 is 22.8 Å². The maximum Gasteiger partial charge on any atom is 0.343 e. The molecule has 1 atom stereocenters. The molecule has 2 heterocycles. The van der Waals surface area contributed by atoms with Crippen molar-refractivity contribution in [1.29, 1.82) is 0 Å². The zero-order chi connectivity index (χ0) is 19.6. The number of pyridine rings is 2. The number of rotatable bonds is 5. The highest BCUT2D eigenvalue weighted by Crippen LogP contribution is 2.36. The second-order valence-corrected chi connectivity index (χ2v) is 5.93. The highest BCUT2D eigenvalue weighted by atomic mass is 16.5. The van der Waals surface area contributed by atoms with Crippen LogP contribution in [0.2, 0.25) is 0 Å². The standard InChI is InChI=1S/C19H17N3O5/c1-27-19(26)13-9-22-18(25)16(17(13)24)12(8-15(20)23)10-6-7-21-14-5-3-2-4-11(10)14/h2-7,9,12H,8H2,1H3,(H2,20,23)(H2,22,24,25). The molecular formula is C19H17N3O5. The van der Waals surface area contributed by atoms with E-state index in [1.54, 1.807) is 30.5 Å². The number of nitrogens with one attached hydrogen (secondary N) is 1. The average Bonchev–Trinajstić information content (AvgIpc) is 2.66. The van der Waals surface area contributed by atoms with Gasteiger partial charge in [0, 0.05) is 30.1 Å². The molecule has 27 heavy (non-hydrogen) atoms. The molecule has 0 saturated carbocycles. The van der Waals surface area contributed by atoms with Gasteiger partial charge in [-0.15, -0.1) is 0 Å². The topological polar surface area (TPSA) is 135 Å². The van der Waals surface area contributed by atoms with E-state index in [4.69, 9.17) is 5.73 Å². The molecule has 0 saturated heterocycles. The molecule has 4 N–H and O–H groups in total. The first-order valence-electron chi connectivity index (χ1n) is 8.08. The van der Waals surface area contributed by atoms with Crippen molar-refractivity contribution in [2.24, 2.45) is 5.73 Å². The molecule has 0 aliphatic heterocycles. The molecule has 8 nitrogen and oxygen atoms in total. The molecule has 1 amide bonds. The minimum atomic E-state index is -0.872. The molecule has 3 rings (SSSR count). The number of para-hydroxylation sites is 1. The fraction of sp³-hybridized carbons (Fsp3) is 0.158. The van der Waals surface area contributed by atoms with Gasteiger partial charge in [0.2, 0.25) is 5.91 Å². The number of hydrogen-bond donors (Lipinski definition) is 3. The van der Waals surface area contributed by atoms with Crippen molar-refractivity contribution in [2.75, 3.05) is 7.11 Å². The summed E-state index contributed by atoms with van der Waals surface area (Å²) in [6.07, 6.45) is 2.37. The molecular weight excluding hydrogens is 350 g/mol. The van der Waals surface area contributed by atoms with Crippen LogP contribution in [0.5, 0.6) is 5.75 Å². The third-order valence-corrected chi connectivity index (χ3v) is 4.32.